The molecule has 1 aromatic carbocycles. The first-order chi connectivity index (χ1) is 11.3. The highest BCUT2D eigenvalue weighted by atomic mass is 19.1. The van der Waals surface area contributed by atoms with Crippen LogP contribution in [0.4, 0.5) is 4.39 Å². The number of nitrogens with one attached hydrogen (secondary N) is 1. The first-order valence-electron chi connectivity index (χ1n) is 7.14. The summed E-state index contributed by atoms with van der Waals surface area (Å²) in [7, 11) is 1.35. The van der Waals surface area contributed by atoms with E-state index < -0.39 is 17.4 Å². The molecule has 0 aliphatic heterocycles. The normalized spacial score (nSPS) is 13.3. The van der Waals surface area contributed by atoms with Crippen molar-refractivity contribution < 1.29 is 23.8 Å². The highest BCUT2D eigenvalue weighted by molar-refractivity contribution is 5.96. The molecule has 1 amide bonds. The lowest BCUT2D eigenvalue weighted by Crippen LogP contribution is -2.55. The molecule has 1 heterocycles. The summed E-state index contributed by atoms with van der Waals surface area (Å²) in [6, 6.07) is 5.65. The van der Waals surface area contributed by atoms with Crippen LogP contribution in [0.3, 0.4) is 0 Å². The fourth-order valence-corrected chi connectivity index (χ4v) is 2.21. The quantitative estimate of drug-likeness (QED) is 0.835. The molecule has 24 heavy (non-hydrogen) atoms. The van der Waals surface area contributed by atoms with Crippen LogP contribution in [0.1, 0.15) is 23.0 Å². The van der Waals surface area contributed by atoms with Gasteiger partial charge in [-0.05, 0) is 43.7 Å². The van der Waals surface area contributed by atoms with Crippen LogP contribution in [-0.2, 0) is 9.53 Å². The number of carboxylic acid groups (broad SMARTS) is 1. The van der Waals surface area contributed by atoms with Crippen LogP contribution in [0, 0.1) is 12.7 Å². The zero-order valence-corrected chi connectivity index (χ0v) is 13.5. The van der Waals surface area contributed by atoms with Crippen molar-refractivity contribution in [3.8, 4) is 5.69 Å². The van der Waals surface area contributed by atoms with Crippen LogP contribution in [0.25, 0.3) is 5.69 Å². The maximum Gasteiger partial charge on any atom is 0.331 e. The van der Waals surface area contributed by atoms with E-state index in [-0.39, 0.29) is 18.1 Å². The monoisotopic (exact) mass is 335 g/mol. The third-order valence-corrected chi connectivity index (χ3v) is 3.52. The lowest BCUT2D eigenvalue weighted by atomic mass is 10.0. The summed E-state index contributed by atoms with van der Waals surface area (Å²) in [5.74, 6) is -2.22. The minimum Gasteiger partial charge on any atom is -0.479 e. The number of carbonyl (C=O) groups excluding carboxylic acids is 1. The van der Waals surface area contributed by atoms with E-state index in [0.717, 1.165) is 0 Å². The highest BCUT2D eigenvalue weighted by Gasteiger charge is 2.35. The molecule has 0 spiro atoms. The first kappa shape index (κ1) is 17.6. The predicted molar refractivity (Wildman–Crippen MR) is 83.6 cm³/mol. The van der Waals surface area contributed by atoms with Crippen LogP contribution in [-0.4, -0.2) is 46.0 Å². The Labute approximate surface area is 138 Å². The molecule has 7 nitrogen and oxygen atoms in total. The summed E-state index contributed by atoms with van der Waals surface area (Å²) < 4.78 is 19.4. The van der Waals surface area contributed by atoms with Gasteiger partial charge in [-0.15, -0.1) is 0 Å². The lowest BCUT2D eigenvalue weighted by molar-refractivity contribution is -0.145. The molecule has 0 aliphatic rings. The zero-order valence-electron chi connectivity index (χ0n) is 13.5. The Bertz CT molecular complexity index is 774. The van der Waals surface area contributed by atoms with Crippen molar-refractivity contribution in [2.75, 3.05) is 13.7 Å². The van der Waals surface area contributed by atoms with Gasteiger partial charge in [-0.2, -0.15) is 5.10 Å². The van der Waals surface area contributed by atoms with Gasteiger partial charge < -0.3 is 15.2 Å². The molecule has 2 aromatic rings. The van der Waals surface area contributed by atoms with Crippen LogP contribution in [0.2, 0.25) is 0 Å². The largest absolute Gasteiger partial charge is 0.479 e. The summed E-state index contributed by atoms with van der Waals surface area (Å²) >= 11 is 0. The smallest absolute Gasteiger partial charge is 0.331 e. The van der Waals surface area contributed by atoms with Gasteiger partial charge >= 0.3 is 5.97 Å². The summed E-state index contributed by atoms with van der Waals surface area (Å²) in [6.45, 7) is 2.88. The number of carboxylic acids is 1. The molecule has 2 N–H and O–H groups in total. The van der Waals surface area contributed by atoms with E-state index in [1.165, 1.54) is 36.9 Å². The fraction of sp³-hybridized carbons (Fsp3) is 0.312. The van der Waals surface area contributed by atoms with Gasteiger partial charge in [-0.1, -0.05) is 0 Å². The number of rotatable bonds is 6. The van der Waals surface area contributed by atoms with Gasteiger partial charge in [-0.3, -0.25) is 4.79 Å². The molecule has 0 fully saturated rings. The van der Waals surface area contributed by atoms with Gasteiger partial charge in [0.2, 0.25) is 0 Å². The number of aliphatic carboxylic acids is 1. The Morgan fingerprint density at radius 3 is 2.71 bits per heavy atom. The second kappa shape index (κ2) is 6.79. The highest BCUT2D eigenvalue weighted by Crippen LogP contribution is 2.15. The van der Waals surface area contributed by atoms with Gasteiger partial charge in [0.25, 0.3) is 5.91 Å². The van der Waals surface area contributed by atoms with E-state index in [1.807, 2.05) is 0 Å². The topological polar surface area (TPSA) is 93.5 Å². The molecule has 128 valence electrons. The average Bonchev–Trinajstić information content (AvgIpc) is 2.97. The van der Waals surface area contributed by atoms with E-state index in [4.69, 9.17) is 4.74 Å². The van der Waals surface area contributed by atoms with Crippen molar-refractivity contribution in [3.05, 3.63) is 47.5 Å². The van der Waals surface area contributed by atoms with Crippen molar-refractivity contribution in [2.45, 2.75) is 19.4 Å². The molecule has 0 saturated heterocycles. The molecule has 0 saturated carbocycles. The molecule has 8 heteroatoms. The SMILES string of the molecule is COCC(C)(NC(=O)c1ccn(-c2ccc(F)cc2C)n1)C(=O)O. The number of hydrogen-bond acceptors (Lipinski definition) is 4. The van der Waals surface area contributed by atoms with Crippen molar-refractivity contribution in [3.63, 3.8) is 0 Å². The summed E-state index contributed by atoms with van der Waals surface area (Å²) in [6.07, 6.45) is 1.55. The van der Waals surface area contributed by atoms with Crippen LogP contribution >= 0.6 is 0 Å². The minimum atomic E-state index is -1.57. The first-order valence-corrected chi connectivity index (χ1v) is 7.14. The Hall–Kier alpha value is -2.74. The number of amides is 1. The number of benzene rings is 1. The second-order valence-electron chi connectivity index (χ2n) is 5.60. The number of ether oxygens (including phenoxy) is 1. The number of nitrogens with zero attached hydrogens (tertiary/aromatic N) is 2. The van der Waals surface area contributed by atoms with E-state index in [9.17, 15) is 19.1 Å². The lowest BCUT2D eigenvalue weighted by Gasteiger charge is -2.24. The molecule has 0 aliphatic carbocycles. The zero-order chi connectivity index (χ0) is 17.9. The summed E-state index contributed by atoms with van der Waals surface area (Å²) in [5.41, 5.74) is -0.253. The number of carbonyl (C=O) groups is 2. The molecule has 2 rings (SSSR count). The van der Waals surface area contributed by atoms with Crippen molar-refractivity contribution in [1.82, 2.24) is 15.1 Å². The maximum absolute atomic E-state index is 13.2. The van der Waals surface area contributed by atoms with Gasteiger partial charge in [0.1, 0.15) is 5.82 Å². The number of methoxy groups -OCH3 is 1. The van der Waals surface area contributed by atoms with E-state index in [0.29, 0.717) is 11.3 Å². The molecule has 1 atom stereocenters. The standard InChI is InChI=1S/C16H18FN3O4/c1-10-8-11(17)4-5-13(10)20-7-6-12(19-20)14(21)18-16(2,9-24-3)15(22)23/h4-8H,9H2,1-3H3,(H,18,21)(H,22,23). The van der Waals surface area contributed by atoms with Gasteiger partial charge in [0.15, 0.2) is 11.2 Å². The van der Waals surface area contributed by atoms with Crippen molar-refractivity contribution in [2.24, 2.45) is 0 Å². The van der Waals surface area contributed by atoms with Crippen molar-refractivity contribution in [1.29, 1.82) is 0 Å². The van der Waals surface area contributed by atoms with E-state index in [1.54, 1.807) is 19.2 Å². The number of hydrogen-bond donors (Lipinski definition) is 2. The molecular weight excluding hydrogens is 317 g/mol. The molecule has 0 bridgehead atoms. The van der Waals surface area contributed by atoms with Crippen LogP contribution in [0.15, 0.2) is 30.5 Å². The number of halogens is 1. The third kappa shape index (κ3) is 3.60. The van der Waals surface area contributed by atoms with Crippen LogP contribution < -0.4 is 5.32 Å². The summed E-state index contributed by atoms with van der Waals surface area (Å²) in [5, 5.41) is 15.8. The summed E-state index contributed by atoms with van der Waals surface area (Å²) in [4.78, 5) is 23.6. The Morgan fingerprint density at radius 2 is 2.12 bits per heavy atom. The number of aromatic nitrogens is 2. The van der Waals surface area contributed by atoms with Gasteiger partial charge in [0.05, 0.1) is 12.3 Å². The number of aryl methyl sites for hydroxylation is 1. The van der Waals surface area contributed by atoms with Crippen molar-refractivity contribution >= 4 is 11.9 Å². The molecular formula is C16H18FN3O4. The van der Waals surface area contributed by atoms with E-state index in [2.05, 4.69) is 10.4 Å². The van der Waals surface area contributed by atoms with Gasteiger partial charge in [0, 0.05) is 13.3 Å². The fourth-order valence-electron chi connectivity index (χ4n) is 2.21. The molecule has 1 aromatic heterocycles. The predicted octanol–water partition coefficient (Wildman–Crippen LogP) is 1.54. The Balaban J connectivity index is 2.23. The maximum atomic E-state index is 13.2. The average molecular weight is 335 g/mol. The molecule has 1 unspecified atom stereocenters. The molecule has 0 radical (unpaired) electrons. The second-order valence-corrected chi connectivity index (χ2v) is 5.60. The Kier molecular flexibility index (Phi) is 4.99. The Morgan fingerprint density at radius 1 is 1.42 bits per heavy atom. The van der Waals surface area contributed by atoms with Crippen LogP contribution in [0.5, 0.6) is 0 Å². The third-order valence-electron chi connectivity index (χ3n) is 3.52. The minimum absolute atomic E-state index is 0.0438. The van der Waals surface area contributed by atoms with Gasteiger partial charge in [-0.25, -0.2) is 13.9 Å². The van der Waals surface area contributed by atoms with E-state index >= 15 is 0 Å².